The van der Waals surface area contributed by atoms with Crippen molar-refractivity contribution in [2.45, 2.75) is 11.9 Å². The van der Waals surface area contributed by atoms with Crippen molar-refractivity contribution in [3.05, 3.63) is 27.9 Å². The molecule has 1 rings (SSSR count). The molecule has 0 bridgehead atoms. The number of nitrogens with zero attached hydrogens (tertiary/aromatic N) is 2. The number of hydrogen-bond acceptors (Lipinski definition) is 5. The minimum absolute atomic E-state index is 0.179. The normalized spacial score (nSPS) is 9.93. The van der Waals surface area contributed by atoms with Crippen molar-refractivity contribution in [3.63, 3.8) is 0 Å². The second kappa shape index (κ2) is 4.74. The van der Waals surface area contributed by atoms with Crippen LogP contribution >= 0.6 is 11.8 Å². The summed E-state index contributed by atoms with van der Waals surface area (Å²) in [4.78, 5) is 24.3. The van der Waals surface area contributed by atoms with Crippen LogP contribution in [0.3, 0.4) is 0 Å². The van der Waals surface area contributed by atoms with Crippen LogP contribution in [0.25, 0.3) is 0 Å². The number of aromatic nitrogens is 1. The van der Waals surface area contributed by atoms with Crippen molar-refractivity contribution in [1.82, 2.24) is 4.98 Å². The second-order valence-electron chi connectivity index (χ2n) is 2.54. The molecule has 7 heteroatoms. The second-order valence-corrected chi connectivity index (χ2v) is 3.80. The predicted molar refractivity (Wildman–Crippen MR) is 54.2 cm³/mol. The predicted octanol–water partition coefficient (Wildman–Crippen LogP) is 1.80. The molecular weight excluding hydrogens is 220 g/mol. The van der Waals surface area contributed by atoms with E-state index in [1.807, 2.05) is 6.92 Å². The fraction of sp³-hybridized carbons (Fsp3) is 0.250. The van der Waals surface area contributed by atoms with E-state index in [0.717, 1.165) is 12.3 Å². The van der Waals surface area contributed by atoms with Crippen molar-refractivity contribution in [3.8, 4) is 0 Å². The summed E-state index contributed by atoms with van der Waals surface area (Å²) in [6.45, 7) is 1.83. The molecule has 0 spiro atoms. The third-order valence-electron chi connectivity index (χ3n) is 1.56. The van der Waals surface area contributed by atoms with E-state index in [4.69, 9.17) is 5.11 Å². The third-order valence-corrected chi connectivity index (χ3v) is 2.43. The summed E-state index contributed by atoms with van der Waals surface area (Å²) in [6, 6.07) is 1.02. The van der Waals surface area contributed by atoms with Crippen LogP contribution in [-0.2, 0) is 0 Å². The lowest BCUT2D eigenvalue weighted by Crippen LogP contribution is -2.01. The first-order valence-corrected chi connectivity index (χ1v) is 5.05. The van der Waals surface area contributed by atoms with Gasteiger partial charge in [0.05, 0.1) is 10.5 Å². The van der Waals surface area contributed by atoms with Gasteiger partial charge in [-0.15, -0.1) is 0 Å². The van der Waals surface area contributed by atoms with Crippen molar-refractivity contribution in [2.24, 2.45) is 0 Å². The van der Waals surface area contributed by atoms with Crippen LogP contribution in [0.15, 0.2) is 17.3 Å². The minimum Gasteiger partial charge on any atom is -0.478 e. The number of carboxylic acid groups (broad SMARTS) is 1. The molecule has 0 atom stereocenters. The Hall–Kier alpha value is -1.63. The average molecular weight is 228 g/mol. The molecule has 0 saturated heterocycles. The van der Waals surface area contributed by atoms with E-state index in [9.17, 15) is 14.9 Å². The van der Waals surface area contributed by atoms with Gasteiger partial charge in [-0.3, -0.25) is 10.1 Å². The van der Waals surface area contributed by atoms with Gasteiger partial charge in [0.1, 0.15) is 0 Å². The lowest BCUT2D eigenvalue weighted by molar-refractivity contribution is -0.388. The first-order chi connectivity index (χ1) is 7.06. The Balaban J connectivity index is 3.20. The van der Waals surface area contributed by atoms with Crippen molar-refractivity contribution >= 4 is 23.4 Å². The van der Waals surface area contributed by atoms with Gasteiger partial charge in [-0.25, -0.2) is 9.78 Å². The Morgan fingerprint density at radius 1 is 1.73 bits per heavy atom. The average Bonchev–Trinajstić information content (AvgIpc) is 2.18. The minimum atomic E-state index is -1.22. The van der Waals surface area contributed by atoms with Gasteiger partial charge in [0.25, 0.3) is 0 Å². The van der Waals surface area contributed by atoms with Crippen LogP contribution in [0.4, 0.5) is 5.69 Å². The molecule has 0 aliphatic rings. The van der Waals surface area contributed by atoms with E-state index in [-0.39, 0.29) is 16.3 Å². The van der Waals surface area contributed by atoms with Crippen molar-refractivity contribution < 1.29 is 14.8 Å². The molecule has 0 amide bonds. The van der Waals surface area contributed by atoms with Gasteiger partial charge in [-0.05, 0) is 5.75 Å². The summed E-state index contributed by atoms with van der Waals surface area (Å²) in [5.41, 5.74) is -0.441. The Bertz CT molecular complexity index is 408. The number of carbonyl (C=O) groups is 1. The number of thioether (sulfide) groups is 1. The lowest BCUT2D eigenvalue weighted by atomic mass is 10.3. The van der Waals surface area contributed by atoms with Crippen LogP contribution in [-0.4, -0.2) is 26.7 Å². The quantitative estimate of drug-likeness (QED) is 0.479. The number of nitro groups is 1. The monoisotopic (exact) mass is 228 g/mol. The molecule has 0 saturated carbocycles. The van der Waals surface area contributed by atoms with Crippen molar-refractivity contribution in [2.75, 3.05) is 5.75 Å². The maximum atomic E-state index is 10.6. The van der Waals surface area contributed by atoms with Gasteiger partial charge >= 0.3 is 11.7 Å². The number of carboxylic acids is 1. The molecule has 80 valence electrons. The van der Waals surface area contributed by atoms with E-state index in [1.54, 1.807) is 0 Å². The zero-order chi connectivity index (χ0) is 11.4. The van der Waals surface area contributed by atoms with Crippen LogP contribution in [0.2, 0.25) is 0 Å². The first-order valence-electron chi connectivity index (χ1n) is 4.06. The topological polar surface area (TPSA) is 93.3 Å². The summed E-state index contributed by atoms with van der Waals surface area (Å²) in [5, 5.41) is 19.5. The highest BCUT2D eigenvalue weighted by Crippen LogP contribution is 2.27. The molecule has 0 aromatic carbocycles. The van der Waals surface area contributed by atoms with E-state index in [2.05, 4.69) is 4.98 Å². The van der Waals surface area contributed by atoms with Crippen LogP contribution < -0.4 is 0 Å². The van der Waals surface area contributed by atoms with Crippen LogP contribution in [0.5, 0.6) is 0 Å². The Morgan fingerprint density at radius 2 is 2.40 bits per heavy atom. The summed E-state index contributed by atoms with van der Waals surface area (Å²) >= 11 is 1.20. The number of aromatic carboxylic acids is 1. The molecule has 1 N–H and O–H groups in total. The molecule has 15 heavy (non-hydrogen) atoms. The van der Waals surface area contributed by atoms with E-state index >= 15 is 0 Å². The Labute approximate surface area is 89.5 Å². The third kappa shape index (κ3) is 2.66. The fourth-order valence-corrected chi connectivity index (χ4v) is 1.62. The summed E-state index contributed by atoms with van der Waals surface area (Å²) in [5.74, 6) is -0.584. The van der Waals surface area contributed by atoms with Gasteiger partial charge in [0.2, 0.25) is 0 Å². The summed E-state index contributed by atoms with van der Waals surface area (Å²) in [7, 11) is 0. The number of pyridine rings is 1. The number of rotatable bonds is 4. The van der Waals surface area contributed by atoms with Gasteiger partial charge in [-0.1, -0.05) is 18.7 Å². The number of hydrogen-bond donors (Lipinski definition) is 1. The highest BCUT2D eigenvalue weighted by molar-refractivity contribution is 7.99. The largest absolute Gasteiger partial charge is 0.478 e. The molecule has 0 aliphatic heterocycles. The van der Waals surface area contributed by atoms with E-state index < -0.39 is 10.9 Å². The van der Waals surface area contributed by atoms with Gasteiger partial charge in [0.15, 0.2) is 5.03 Å². The fourth-order valence-electron chi connectivity index (χ4n) is 0.936. The molecule has 0 unspecified atom stereocenters. The molecule has 0 radical (unpaired) electrons. The van der Waals surface area contributed by atoms with Crippen molar-refractivity contribution in [1.29, 1.82) is 0 Å². The molecule has 1 aromatic heterocycles. The maximum Gasteiger partial charge on any atom is 0.337 e. The highest BCUT2D eigenvalue weighted by atomic mass is 32.2. The van der Waals surface area contributed by atoms with Crippen LogP contribution in [0.1, 0.15) is 17.3 Å². The molecule has 1 aromatic rings. The van der Waals surface area contributed by atoms with E-state index in [1.165, 1.54) is 11.8 Å². The Morgan fingerprint density at radius 3 is 2.87 bits per heavy atom. The Kier molecular flexibility index (Phi) is 3.62. The van der Waals surface area contributed by atoms with Gasteiger partial charge in [0, 0.05) is 12.3 Å². The molecular formula is C8H8N2O4S. The molecule has 0 fully saturated rings. The van der Waals surface area contributed by atoms with Gasteiger partial charge in [-0.2, -0.15) is 0 Å². The SMILES string of the molecule is CCSc1ncc(C(=O)O)cc1[N+](=O)[O-]. The van der Waals surface area contributed by atoms with Crippen LogP contribution in [0, 0.1) is 10.1 Å². The highest BCUT2D eigenvalue weighted by Gasteiger charge is 2.18. The summed E-state index contributed by atoms with van der Waals surface area (Å²) in [6.07, 6.45) is 1.12. The molecule has 1 heterocycles. The van der Waals surface area contributed by atoms with Gasteiger partial charge < -0.3 is 5.11 Å². The lowest BCUT2D eigenvalue weighted by Gasteiger charge is -2.00. The maximum absolute atomic E-state index is 10.6. The first kappa shape index (κ1) is 11.4. The van der Waals surface area contributed by atoms with E-state index in [0.29, 0.717) is 5.75 Å². The molecule has 0 aliphatic carbocycles. The zero-order valence-corrected chi connectivity index (χ0v) is 8.65. The standard InChI is InChI=1S/C8H8N2O4S/c1-2-15-7-6(10(13)14)3-5(4-9-7)8(11)12/h3-4H,2H2,1H3,(H,11,12). The zero-order valence-electron chi connectivity index (χ0n) is 7.84. The smallest absolute Gasteiger partial charge is 0.337 e. The molecule has 6 nitrogen and oxygen atoms in total. The summed E-state index contributed by atoms with van der Waals surface area (Å²) < 4.78 is 0.